The summed E-state index contributed by atoms with van der Waals surface area (Å²) < 4.78 is 1.94. The van der Waals surface area contributed by atoms with Crippen LogP contribution in [-0.4, -0.2) is 10.9 Å². The molecule has 5 rings (SSSR count). The summed E-state index contributed by atoms with van der Waals surface area (Å²) >= 11 is 15.8. The summed E-state index contributed by atoms with van der Waals surface area (Å²) in [5, 5.41) is 2.67. The number of benzene rings is 3. The van der Waals surface area contributed by atoms with Crippen LogP contribution in [0.5, 0.6) is 0 Å². The lowest BCUT2D eigenvalue weighted by Gasteiger charge is -2.19. The molecule has 0 N–H and O–H groups in total. The van der Waals surface area contributed by atoms with Crippen LogP contribution in [0.2, 0.25) is 10.0 Å². The molecule has 3 aromatic carbocycles. The fourth-order valence-electron chi connectivity index (χ4n) is 3.52. The molecule has 5 aromatic rings. The molecule has 0 fully saturated rings. The molecule has 7 heteroatoms. The Hall–Kier alpha value is -2.44. The molecular formula is C24H16Cl2N2OS2. The summed E-state index contributed by atoms with van der Waals surface area (Å²) in [6.45, 7) is 2.38. The number of halogens is 2. The van der Waals surface area contributed by atoms with Gasteiger partial charge in [0.25, 0.3) is 5.91 Å². The van der Waals surface area contributed by atoms with E-state index in [1.807, 2.05) is 73.7 Å². The Labute approximate surface area is 197 Å². The Morgan fingerprint density at radius 1 is 0.968 bits per heavy atom. The van der Waals surface area contributed by atoms with Gasteiger partial charge in [-0.1, -0.05) is 83.1 Å². The van der Waals surface area contributed by atoms with Gasteiger partial charge in [0.15, 0.2) is 5.13 Å². The lowest BCUT2D eigenvalue weighted by molar-refractivity contribution is 0.0989. The number of fused-ring (bicyclic) bond motifs is 2. The Balaban J connectivity index is 1.64. The molecule has 0 radical (unpaired) electrons. The van der Waals surface area contributed by atoms with Crippen LogP contribution >= 0.6 is 45.9 Å². The lowest BCUT2D eigenvalue weighted by atomic mass is 10.2. The van der Waals surface area contributed by atoms with Gasteiger partial charge < -0.3 is 0 Å². The van der Waals surface area contributed by atoms with Crippen LogP contribution in [0.4, 0.5) is 5.13 Å². The van der Waals surface area contributed by atoms with E-state index in [1.54, 1.807) is 4.90 Å². The molecule has 0 aliphatic heterocycles. The van der Waals surface area contributed by atoms with Crippen molar-refractivity contribution in [3.63, 3.8) is 0 Å². The second-order valence-electron chi connectivity index (χ2n) is 7.18. The normalized spacial score (nSPS) is 11.3. The summed E-state index contributed by atoms with van der Waals surface area (Å²) in [7, 11) is 0. The van der Waals surface area contributed by atoms with Crippen LogP contribution in [-0.2, 0) is 6.54 Å². The van der Waals surface area contributed by atoms with E-state index in [0.717, 1.165) is 31.4 Å². The van der Waals surface area contributed by atoms with Crippen molar-refractivity contribution in [3.05, 3.63) is 92.8 Å². The molecule has 0 aliphatic carbocycles. The quantitative estimate of drug-likeness (QED) is 0.260. The fourth-order valence-corrected chi connectivity index (χ4v) is 6.40. The lowest BCUT2D eigenvalue weighted by Crippen LogP contribution is -2.29. The van der Waals surface area contributed by atoms with Gasteiger partial charge in [-0.05, 0) is 36.2 Å². The number of carbonyl (C=O) groups excluding carboxylic acids is 1. The van der Waals surface area contributed by atoms with Gasteiger partial charge in [0.05, 0.1) is 21.8 Å². The third-order valence-electron chi connectivity index (χ3n) is 5.03. The maximum Gasteiger partial charge on any atom is 0.272 e. The number of rotatable bonds is 4. The largest absolute Gasteiger partial charge is 0.279 e. The first kappa shape index (κ1) is 20.5. The minimum Gasteiger partial charge on any atom is -0.279 e. The summed E-state index contributed by atoms with van der Waals surface area (Å²) in [6.07, 6.45) is 0. The molecular weight excluding hydrogens is 467 g/mol. The van der Waals surface area contributed by atoms with Crippen LogP contribution < -0.4 is 4.90 Å². The van der Waals surface area contributed by atoms with Crippen LogP contribution in [0.25, 0.3) is 20.3 Å². The van der Waals surface area contributed by atoms with Crippen LogP contribution in [0.15, 0.2) is 66.7 Å². The van der Waals surface area contributed by atoms with Gasteiger partial charge in [0.2, 0.25) is 0 Å². The zero-order chi connectivity index (χ0) is 21.5. The highest BCUT2D eigenvalue weighted by atomic mass is 35.5. The van der Waals surface area contributed by atoms with Crippen LogP contribution in [0.1, 0.15) is 20.8 Å². The summed E-state index contributed by atoms with van der Waals surface area (Å²) in [6, 6.07) is 21.5. The number of aromatic nitrogens is 1. The number of thiophene rings is 1. The van der Waals surface area contributed by atoms with Crippen molar-refractivity contribution < 1.29 is 4.79 Å². The topological polar surface area (TPSA) is 33.2 Å². The Morgan fingerprint density at radius 2 is 1.71 bits per heavy atom. The Morgan fingerprint density at radius 3 is 2.48 bits per heavy atom. The van der Waals surface area contributed by atoms with E-state index in [2.05, 4.69) is 0 Å². The van der Waals surface area contributed by atoms with E-state index in [0.29, 0.717) is 26.6 Å². The van der Waals surface area contributed by atoms with Crippen molar-refractivity contribution in [2.75, 3.05) is 4.90 Å². The molecule has 3 nitrogen and oxygen atoms in total. The molecule has 0 unspecified atom stereocenters. The van der Waals surface area contributed by atoms with Crippen molar-refractivity contribution in [3.8, 4) is 0 Å². The average molecular weight is 483 g/mol. The van der Waals surface area contributed by atoms with Crippen LogP contribution in [0.3, 0.4) is 0 Å². The molecule has 0 atom stereocenters. The first-order valence-corrected chi connectivity index (χ1v) is 12.0. The molecule has 2 heterocycles. The molecule has 0 bridgehead atoms. The molecule has 0 saturated carbocycles. The summed E-state index contributed by atoms with van der Waals surface area (Å²) in [4.78, 5) is 20.8. The highest BCUT2D eigenvalue weighted by Gasteiger charge is 2.26. The second kappa shape index (κ2) is 8.24. The number of nitrogens with zero attached hydrogens (tertiary/aromatic N) is 2. The number of anilines is 1. The number of amides is 1. The van der Waals surface area contributed by atoms with Crippen molar-refractivity contribution >= 4 is 77.2 Å². The molecule has 2 aromatic heterocycles. The number of hydrogen-bond acceptors (Lipinski definition) is 4. The molecule has 31 heavy (non-hydrogen) atoms. The van der Waals surface area contributed by atoms with Crippen LogP contribution in [0, 0.1) is 6.92 Å². The fraction of sp³-hybridized carbons (Fsp3) is 0.0833. The predicted molar refractivity (Wildman–Crippen MR) is 133 cm³/mol. The maximum absolute atomic E-state index is 13.8. The van der Waals surface area contributed by atoms with E-state index >= 15 is 0 Å². The average Bonchev–Trinajstić information content (AvgIpc) is 3.34. The van der Waals surface area contributed by atoms with Crippen molar-refractivity contribution in [1.29, 1.82) is 0 Å². The number of thiazole rings is 1. The van der Waals surface area contributed by atoms with Gasteiger partial charge in [-0.25, -0.2) is 4.98 Å². The van der Waals surface area contributed by atoms with E-state index in [4.69, 9.17) is 28.2 Å². The zero-order valence-electron chi connectivity index (χ0n) is 16.4. The molecule has 0 spiro atoms. The summed E-state index contributed by atoms with van der Waals surface area (Å²) in [5.41, 5.74) is 2.86. The number of aryl methyl sites for hydroxylation is 1. The van der Waals surface area contributed by atoms with Crippen molar-refractivity contribution in [2.45, 2.75) is 13.5 Å². The summed E-state index contributed by atoms with van der Waals surface area (Å²) in [5.74, 6) is -0.155. The van der Waals surface area contributed by atoms with Gasteiger partial charge in [0, 0.05) is 15.1 Å². The smallest absolute Gasteiger partial charge is 0.272 e. The minimum absolute atomic E-state index is 0.155. The SMILES string of the molecule is Cc1cc(Cl)cc2sc(N(Cc3ccccc3)C(=O)c3sc4ccccc4c3Cl)nc12. The molecule has 1 amide bonds. The zero-order valence-corrected chi connectivity index (χ0v) is 19.6. The predicted octanol–water partition coefficient (Wildman–Crippen LogP) is 7.97. The first-order valence-electron chi connectivity index (χ1n) is 9.61. The van der Waals surface area contributed by atoms with Gasteiger partial charge >= 0.3 is 0 Å². The number of hydrogen-bond donors (Lipinski definition) is 0. The Kier molecular flexibility index (Phi) is 5.44. The molecule has 154 valence electrons. The Bertz CT molecular complexity index is 1430. The van der Waals surface area contributed by atoms with Crippen molar-refractivity contribution in [2.24, 2.45) is 0 Å². The van der Waals surface area contributed by atoms with E-state index in [1.165, 1.54) is 22.7 Å². The van der Waals surface area contributed by atoms with Gasteiger partial charge in [-0.2, -0.15) is 0 Å². The van der Waals surface area contributed by atoms with Gasteiger partial charge in [-0.15, -0.1) is 11.3 Å². The van der Waals surface area contributed by atoms with Gasteiger partial charge in [-0.3, -0.25) is 9.69 Å². The van der Waals surface area contributed by atoms with E-state index < -0.39 is 0 Å². The second-order valence-corrected chi connectivity index (χ2v) is 10.1. The monoisotopic (exact) mass is 482 g/mol. The number of carbonyl (C=O) groups is 1. The van der Waals surface area contributed by atoms with Crippen molar-refractivity contribution in [1.82, 2.24) is 4.98 Å². The van der Waals surface area contributed by atoms with Gasteiger partial charge in [0.1, 0.15) is 4.88 Å². The molecule has 0 aliphatic rings. The highest BCUT2D eigenvalue weighted by molar-refractivity contribution is 7.23. The molecule has 0 saturated heterocycles. The third kappa shape index (κ3) is 3.83. The van der Waals surface area contributed by atoms with E-state index in [-0.39, 0.29) is 5.91 Å². The third-order valence-corrected chi connectivity index (χ3v) is 7.93. The highest BCUT2D eigenvalue weighted by Crippen LogP contribution is 2.39. The minimum atomic E-state index is -0.155. The first-order chi connectivity index (χ1) is 15.0. The van der Waals surface area contributed by atoms with E-state index in [9.17, 15) is 4.79 Å². The maximum atomic E-state index is 13.8. The standard InChI is InChI=1S/C24H16Cl2N2OS2/c1-14-11-16(25)12-19-21(14)27-24(31-19)28(13-15-7-3-2-4-8-15)23(29)22-20(26)17-9-5-6-10-18(17)30-22/h2-12H,13H2,1H3.